The lowest BCUT2D eigenvalue weighted by Crippen LogP contribution is -2.33. The Bertz CT molecular complexity index is 2170. The predicted octanol–water partition coefficient (Wildman–Crippen LogP) is 4.39. The highest BCUT2D eigenvalue weighted by Crippen LogP contribution is 2.36. The highest BCUT2D eigenvalue weighted by Gasteiger charge is 2.33. The standard InChI is InChI=1S/C29H26N6O4S2/c1-19-6-11-24(12-7-19)41(38,39)34-15-14-26-29(34)30-18-27-31-32-28(35(26)27)22-8-10-23(16-22)33-40(36,37)25-13-9-20-4-2-3-5-21(20)17-25/h2-7,9,11-15,17-18,22-23,33H,8,10,16H2,1H3/t22-,23+/m1/s1. The molecule has 7 rings (SSSR count). The van der Waals surface area contributed by atoms with E-state index in [0.29, 0.717) is 36.3 Å². The number of nitrogens with zero attached hydrogens (tertiary/aromatic N) is 5. The van der Waals surface area contributed by atoms with E-state index in [1.165, 1.54) is 16.4 Å². The van der Waals surface area contributed by atoms with Crippen LogP contribution in [0.15, 0.2) is 95.0 Å². The van der Waals surface area contributed by atoms with E-state index in [1.807, 2.05) is 41.7 Å². The third-order valence-corrected chi connectivity index (χ3v) is 11.0. The van der Waals surface area contributed by atoms with Crippen molar-refractivity contribution in [2.45, 2.75) is 47.9 Å². The maximum Gasteiger partial charge on any atom is 0.269 e. The molecular weight excluding hydrogens is 560 g/mol. The molecule has 3 heterocycles. The molecule has 0 radical (unpaired) electrons. The van der Waals surface area contributed by atoms with Crippen molar-refractivity contribution in [2.24, 2.45) is 0 Å². The first-order chi connectivity index (χ1) is 19.7. The molecule has 208 valence electrons. The van der Waals surface area contributed by atoms with Gasteiger partial charge in [-0.3, -0.25) is 4.40 Å². The minimum Gasteiger partial charge on any atom is -0.274 e. The SMILES string of the molecule is Cc1ccc(S(=O)(=O)n2ccc3c2ncc2nnc([C@@H]4CC[C@H](NS(=O)(=O)c5ccc6ccccc6c5)C4)n23)cc1. The summed E-state index contributed by atoms with van der Waals surface area (Å²) in [6.07, 6.45) is 4.89. The van der Waals surface area contributed by atoms with Crippen LogP contribution in [0.2, 0.25) is 0 Å². The summed E-state index contributed by atoms with van der Waals surface area (Å²) < 4.78 is 59.2. The molecule has 2 atom stereocenters. The molecule has 1 aliphatic carbocycles. The fourth-order valence-electron chi connectivity index (χ4n) is 5.68. The molecule has 12 heteroatoms. The Kier molecular flexibility index (Phi) is 5.96. The zero-order chi connectivity index (χ0) is 28.4. The first-order valence-electron chi connectivity index (χ1n) is 13.3. The summed E-state index contributed by atoms with van der Waals surface area (Å²) in [5, 5.41) is 10.6. The lowest BCUT2D eigenvalue weighted by molar-refractivity contribution is 0.546. The molecule has 3 aromatic heterocycles. The van der Waals surface area contributed by atoms with E-state index in [4.69, 9.17) is 0 Å². The van der Waals surface area contributed by atoms with Crippen LogP contribution in [0.1, 0.15) is 36.6 Å². The summed E-state index contributed by atoms with van der Waals surface area (Å²) >= 11 is 0. The van der Waals surface area contributed by atoms with Gasteiger partial charge in [0, 0.05) is 18.2 Å². The number of nitrogens with one attached hydrogen (secondary N) is 1. The molecule has 1 fully saturated rings. The highest BCUT2D eigenvalue weighted by molar-refractivity contribution is 7.90. The molecule has 10 nitrogen and oxygen atoms in total. The van der Waals surface area contributed by atoms with Gasteiger partial charge in [0.15, 0.2) is 11.3 Å². The second-order valence-electron chi connectivity index (χ2n) is 10.5. The Hall–Kier alpha value is -4.13. The van der Waals surface area contributed by atoms with Crippen molar-refractivity contribution < 1.29 is 16.8 Å². The molecule has 0 amide bonds. The van der Waals surface area contributed by atoms with Gasteiger partial charge in [-0.15, -0.1) is 10.2 Å². The van der Waals surface area contributed by atoms with E-state index in [9.17, 15) is 16.8 Å². The van der Waals surface area contributed by atoms with Crippen molar-refractivity contribution >= 4 is 47.6 Å². The zero-order valence-electron chi connectivity index (χ0n) is 22.0. The van der Waals surface area contributed by atoms with Crippen LogP contribution < -0.4 is 4.72 Å². The highest BCUT2D eigenvalue weighted by atomic mass is 32.2. The van der Waals surface area contributed by atoms with Gasteiger partial charge in [0.1, 0.15) is 5.82 Å². The van der Waals surface area contributed by atoms with E-state index in [0.717, 1.165) is 16.3 Å². The lowest BCUT2D eigenvalue weighted by atomic mass is 10.1. The number of aromatic nitrogens is 5. The number of hydrogen-bond acceptors (Lipinski definition) is 7. The van der Waals surface area contributed by atoms with Crippen molar-refractivity contribution in [1.29, 1.82) is 0 Å². The van der Waals surface area contributed by atoms with Gasteiger partial charge in [0.05, 0.1) is 21.5 Å². The van der Waals surface area contributed by atoms with Crippen LogP contribution in [0.5, 0.6) is 0 Å². The summed E-state index contributed by atoms with van der Waals surface area (Å²) in [5.41, 5.74) is 2.30. The molecule has 6 aromatic rings. The van der Waals surface area contributed by atoms with Crippen LogP contribution in [0.4, 0.5) is 0 Å². The number of aryl methyl sites for hydroxylation is 1. The van der Waals surface area contributed by atoms with Crippen LogP contribution in [-0.4, -0.2) is 46.4 Å². The molecule has 0 bridgehead atoms. The summed E-state index contributed by atoms with van der Waals surface area (Å²) in [6.45, 7) is 1.90. The second kappa shape index (κ2) is 9.47. The van der Waals surface area contributed by atoms with E-state index < -0.39 is 20.0 Å². The Morgan fingerprint density at radius 1 is 0.854 bits per heavy atom. The molecule has 0 unspecified atom stereocenters. The van der Waals surface area contributed by atoms with Crippen molar-refractivity contribution in [3.8, 4) is 0 Å². The Morgan fingerprint density at radius 2 is 1.61 bits per heavy atom. The number of hydrogen-bond donors (Lipinski definition) is 1. The lowest BCUT2D eigenvalue weighted by Gasteiger charge is -2.14. The van der Waals surface area contributed by atoms with Crippen LogP contribution in [0.3, 0.4) is 0 Å². The fourth-order valence-corrected chi connectivity index (χ4v) is 8.29. The van der Waals surface area contributed by atoms with Gasteiger partial charge >= 0.3 is 0 Å². The maximum absolute atomic E-state index is 13.4. The van der Waals surface area contributed by atoms with Crippen LogP contribution in [-0.2, 0) is 20.0 Å². The van der Waals surface area contributed by atoms with Crippen molar-refractivity contribution in [3.63, 3.8) is 0 Å². The molecule has 1 aliphatic rings. The van der Waals surface area contributed by atoms with Gasteiger partial charge in [-0.1, -0.05) is 48.0 Å². The number of sulfonamides is 1. The largest absolute Gasteiger partial charge is 0.274 e. The average molecular weight is 587 g/mol. The maximum atomic E-state index is 13.4. The van der Waals surface area contributed by atoms with E-state index in [-0.39, 0.29) is 27.4 Å². The molecule has 0 spiro atoms. The predicted molar refractivity (Wildman–Crippen MR) is 155 cm³/mol. The third kappa shape index (κ3) is 4.39. The van der Waals surface area contributed by atoms with Crippen LogP contribution in [0, 0.1) is 6.92 Å². The second-order valence-corrected chi connectivity index (χ2v) is 14.0. The monoisotopic (exact) mass is 586 g/mol. The first kappa shape index (κ1) is 25.8. The number of fused-ring (bicyclic) bond motifs is 4. The van der Waals surface area contributed by atoms with Crippen molar-refractivity contribution in [2.75, 3.05) is 0 Å². The topological polar surface area (TPSA) is 128 Å². The van der Waals surface area contributed by atoms with E-state index in [1.54, 1.807) is 42.5 Å². The van der Waals surface area contributed by atoms with Crippen molar-refractivity contribution in [1.82, 2.24) is 28.3 Å². The molecule has 0 aliphatic heterocycles. The average Bonchev–Trinajstić information content (AvgIpc) is 3.70. The van der Waals surface area contributed by atoms with E-state index in [2.05, 4.69) is 19.9 Å². The van der Waals surface area contributed by atoms with Gasteiger partial charge in [0.2, 0.25) is 10.0 Å². The number of benzene rings is 3. The van der Waals surface area contributed by atoms with Crippen molar-refractivity contribution in [3.05, 3.63) is 96.6 Å². The molecule has 3 aromatic carbocycles. The van der Waals surface area contributed by atoms with E-state index >= 15 is 0 Å². The van der Waals surface area contributed by atoms with Gasteiger partial charge in [-0.25, -0.2) is 30.5 Å². The molecule has 1 saturated carbocycles. The van der Waals surface area contributed by atoms with Gasteiger partial charge in [0.25, 0.3) is 10.0 Å². The Balaban J connectivity index is 1.18. The smallest absolute Gasteiger partial charge is 0.269 e. The van der Waals surface area contributed by atoms with Crippen LogP contribution in [0.25, 0.3) is 27.6 Å². The molecule has 1 N–H and O–H groups in total. The zero-order valence-corrected chi connectivity index (χ0v) is 23.7. The minimum atomic E-state index is -3.87. The fraction of sp³-hybridized carbons (Fsp3) is 0.207. The first-order valence-corrected chi connectivity index (χ1v) is 16.2. The summed E-state index contributed by atoms with van der Waals surface area (Å²) in [7, 11) is -7.59. The van der Waals surface area contributed by atoms with Gasteiger partial charge < -0.3 is 0 Å². The third-order valence-electron chi connectivity index (χ3n) is 7.79. The number of rotatable bonds is 6. The summed E-state index contributed by atoms with van der Waals surface area (Å²) in [4.78, 5) is 4.81. The van der Waals surface area contributed by atoms with Gasteiger partial charge in [-0.2, -0.15) is 0 Å². The summed E-state index contributed by atoms with van der Waals surface area (Å²) in [5.74, 6) is 0.585. The van der Waals surface area contributed by atoms with Crippen LogP contribution >= 0.6 is 0 Å². The minimum absolute atomic E-state index is 0.0723. The molecular formula is C29H26N6O4S2. The normalized spacial score (nSPS) is 18.1. The Morgan fingerprint density at radius 3 is 2.41 bits per heavy atom. The Labute approximate surface area is 236 Å². The molecule has 41 heavy (non-hydrogen) atoms. The summed E-state index contributed by atoms with van der Waals surface area (Å²) in [6, 6.07) is 20.9. The quantitative estimate of drug-likeness (QED) is 0.307. The molecule has 0 saturated heterocycles. The van der Waals surface area contributed by atoms with Gasteiger partial charge in [-0.05, 0) is 67.3 Å².